The molecule has 0 aromatic heterocycles. The normalized spacial score (nSPS) is 22.7. The molecule has 5 nitrogen and oxygen atoms in total. The van der Waals surface area contributed by atoms with Crippen LogP contribution < -0.4 is 11.1 Å². The lowest BCUT2D eigenvalue weighted by molar-refractivity contribution is -0.129. The molecule has 3 N–H and O–H groups in total. The summed E-state index contributed by atoms with van der Waals surface area (Å²) in [5.41, 5.74) is 5.72. The van der Waals surface area contributed by atoms with E-state index in [1.165, 1.54) is 6.42 Å². The van der Waals surface area contributed by atoms with Crippen molar-refractivity contribution in [2.24, 2.45) is 5.73 Å². The van der Waals surface area contributed by atoms with Gasteiger partial charge in [-0.2, -0.15) is 0 Å². The third-order valence-corrected chi connectivity index (χ3v) is 3.50. The number of nitrogens with zero attached hydrogens (tertiary/aromatic N) is 1. The van der Waals surface area contributed by atoms with Gasteiger partial charge in [-0.1, -0.05) is 19.8 Å². The average molecular weight is 257 g/mol. The lowest BCUT2D eigenvalue weighted by Crippen LogP contribution is -2.57. The molecule has 106 valence electrons. The van der Waals surface area contributed by atoms with Crippen LogP contribution in [0, 0.1) is 0 Å². The van der Waals surface area contributed by atoms with E-state index < -0.39 is 0 Å². The molecule has 1 amide bonds. The highest BCUT2D eigenvalue weighted by atomic mass is 16.5. The Bertz CT molecular complexity index is 248. The summed E-state index contributed by atoms with van der Waals surface area (Å²) in [6.07, 6.45) is 3.39. The number of nitrogens with two attached hydrogens (primary N) is 1. The van der Waals surface area contributed by atoms with Gasteiger partial charge in [-0.25, -0.2) is 0 Å². The Balaban J connectivity index is 2.36. The van der Waals surface area contributed by atoms with Crippen LogP contribution in [0.5, 0.6) is 0 Å². The molecule has 5 heteroatoms. The summed E-state index contributed by atoms with van der Waals surface area (Å²) in [5.74, 6) is 0.103. The summed E-state index contributed by atoms with van der Waals surface area (Å²) in [5, 5.41) is 3.00. The molecular weight excluding hydrogens is 230 g/mol. The second kappa shape index (κ2) is 8.45. The van der Waals surface area contributed by atoms with Crippen molar-refractivity contribution >= 4 is 5.91 Å². The van der Waals surface area contributed by atoms with E-state index >= 15 is 0 Å². The van der Waals surface area contributed by atoms with Crippen molar-refractivity contribution in [1.82, 2.24) is 10.2 Å². The molecule has 1 saturated heterocycles. The van der Waals surface area contributed by atoms with E-state index in [9.17, 15) is 4.79 Å². The topological polar surface area (TPSA) is 67.6 Å². The third-order valence-electron chi connectivity index (χ3n) is 3.50. The predicted molar refractivity (Wildman–Crippen MR) is 72.4 cm³/mol. The van der Waals surface area contributed by atoms with Crippen LogP contribution >= 0.6 is 0 Å². The van der Waals surface area contributed by atoms with E-state index in [0.717, 1.165) is 25.9 Å². The molecule has 0 bridgehead atoms. The van der Waals surface area contributed by atoms with E-state index in [4.69, 9.17) is 10.5 Å². The molecule has 1 heterocycles. The van der Waals surface area contributed by atoms with Crippen molar-refractivity contribution in [2.45, 2.75) is 45.2 Å². The Morgan fingerprint density at radius 2 is 2.33 bits per heavy atom. The highest BCUT2D eigenvalue weighted by Gasteiger charge is 2.29. The first-order valence-corrected chi connectivity index (χ1v) is 7.02. The summed E-state index contributed by atoms with van der Waals surface area (Å²) < 4.78 is 5.39. The van der Waals surface area contributed by atoms with Crippen molar-refractivity contribution < 1.29 is 9.53 Å². The molecule has 0 aromatic rings. The zero-order valence-corrected chi connectivity index (χ0v) is 11.7. The first kappa shape index (κ1) is 15.4. The minimum atomic E-state index is -0.121. The minimum absolute atomic E-state index is 0.103. The van der Waals surface area contributed by atoms with Crippen molar-refractivity contribution in [2.75, 3.05) is 32.8 Å². The number of ether oxygens (including phenoxy) is 1. The molecule has 0 aromatic carbocycles. The number of carbonyl (C=O) groups is 1. The van der Waals surface area contributed by atoms with Crippen molar-refractivity contribution in [3.05, 3.63) is 0 Å². The van der Waals surface area contributed by atoms with Crippen LogP contribution in [0.1, 0.15) is 33.1 Å². The number of rotatable bonds is 7. The van der Waals surface area contributed by atoms with Gasteiger partial charge >= 0.3 is 0 Å². The molecule has 1 aliphatic heterocycles. The Morgan fingerprint density at radius 1 is 1.56 bits per heavy atom. The first-order chi connectivity index (χ1) is 8.70. The molecule has 1 rings (SSSR count). The summed E-state index contributed by atoms with van der Waals surface area (Å²) in [6, 6.07) is 0.0409. The van der Waals surface area contributed by atoms with Crippen LogP contribution in [-0.4, -0.2) is 55.7 Å². The highest BCUT2D eigenvalue weighted by Crippen LogP contribution is 2.10. The minimum Gasteiger partial charge on any atom is -0.378 e. The van der Waals surface area contributed by atoms with E-state index in [1.54, 1.807) is 0 Å². The molecule has 1 aliphatic rings. The quantitative estimate of drug-likeness (QED) is 0.645. The SMILES string of the molecule is CCCCCNC(=O)C(C)N1CCOCC1CN. The smallest absolute Gasteiger partial charge is 0.237 e. The number of morpholine rings is 1. The molecule has 0 aliphatic carbocycles. The van der Waals surface area contributed by atoms with E-state index in [1.807, 2.05) is 6.92 Å². The molecule has 2 atom stereocenters. The molecule has 0 saturated carbocycles. The van der Waals surface area contributed by atoms with Gasteiger partial charge in [-0.15, -0.1) is 0 Å². The summed E-state index contributed by atoms with van der Waals surface area (Å²) in [4.78, 5) is 14.2. The van der Waals surface area contributed by atoms with E-state index in [0.29, 0.717) is 19.8 Å². The number of hydrogen-bond donors (Lipinski definition) is 2. The zero-order chi connectivity index (χ0) is 13.4. The second-order valence-electron chi connectivity index (χ2n) is 4.88. The van der Waals surface area contributed by atoms with Gasteiger partial charge in [0.05, 0.1) is 19.3 Å². The highest BCUT2D eigenvalue weighted by molar-refractivity contribution is 5.81. The van der Waals surface area contributed by atoms with Crippen LogP contribution in [0.3, 0.4) is 0 Å². The monoisotopic (exact) mass is 257 g/mol. The molecule has 0 radical (unpaired) electrons. The average Bonchev–Trinajstić information content (AvgIpc) is 2.42. The summed E-state index contributed by atoms with van der Waals surface area (Å²) in [6.45, 7) is 7.51. The van der Waals surface area contributed by atoms with Crippen LogP contribution in [0.25, 0.3) is 0 Å². The fourth-order valence-corrected chi connectivity index (χ4v) is 2.27. The van der Waals surface area contributed by atoms with Gasteiger partial charge in [0.1, 0.15) is 0 Å². The molecule has 18 heavy (non-hydrogen) atoms. The summed E-state index contributed by atoms with van der Waals surface area (Å²) in [7, 11) is 0. The van der Waals surface area contributed by atoms with Gasteiger partial charge in [0.15, 0.2) is 0 Å². The fourth-order valence-electron chi connectivity index (χ4n) is 2.27. The largest absolute Gasteiger partial charge is 0.378 e. The fraction of sp³-hybridized carbons (Fsp3) is 0.923. The van der Waals surface area contributed by atoms with Crippen LogP contribution in [-0.2, 0) is 9.53 Å². The van der Waals surface area contributed by atoms with E-state index in [-0.39, 0.29) is 18.0 Å². The van der Waals surface area contributed by atoms with Gasteiger partial charge in [0.25, 0.3) is 0 Å². The maximum absolute atomic E-state index is 12.0. The van der Waals surface area contributed by atoms with Crippen LogP contribution in [0.15, 0.2) is 0 Å². The number of carbonyl (C=O) groups excluding carboxylic acids is 1. The van der Waals surface area contributed by atoms with Crippen molar-refractivity contribution in [1.29, 1.82) is 0 Å². The Labute approximate surface area is 110 Å². The van der Waals surface area contributed by atoms with Gasteiger partial charge < -0.3 is 15.8 Å². The third kappa shape index (κ3) is 4.55. The number of amides is 1. The summed E-state index contributed by atoms with van der Waals surface area (Å²) >= 11 is 0. The first-order valence-electron chi connectivity index (χ1n) is 7.02. The van der Waals surface area contributed by atoms with Crippen molar-refractivity contribution in [3.63, 3.8) is 0 Å². The van der Waals surface area contributed by atoms with Crippen molar-refractivity contribution in [3.8, 4) is 0 Å². The van der Waals surface area contributed by atoms with Gasteiger partial charge in [-0.3, -0.25) is 9.69 Å². The standard InChI is InChI=1S/C13H27N3O2/c1-3-4-5-6-15-13(17)11(2)16-7-8-18-10-12(16)9-14/h11-12H,3-10,14H2,1-2H3,(H,15,17). The molecule has 2 unspecified atom stereocenters. The lowest BCUT2D eigenvalue weighted by Gasteiger charge is -2.38. The van der Waals surface area contributed by atoms with Gasteiger partial charge in [0, 0.05) is 25.7 Å². The Kier molecular flexibility index (Phi) is 7.23. The van der Waals surface area contributed by atoms with Crippen LogP contribution in [0.4, 0.5) is 0 Å². The predicted octanol–water partition coefficient (Wildman–Crippen LogP) is 0.341. The molecule has 1 fully saturated rings. The number of unbranched alkanes of at least 4 members (excludes halogenated alkanes) is 2. The second-order valence-corrected chi connectivity index (χ2v) is 4.88. The molecular formula is C13H27N3O2. The van der Waals surface area contributed by atoms with Gasteiger partial charge in [-0.05, 0) is 13.3 Å². The number of hydrogen-bond acceptors (Lipinski definition) is 4. The molecule has 0 spiro atoms. The van der Waals surface area contributed by atoms with Crippen LogP contribution in [0.2, 0.25) is 0 Å². The Morgan fingerprint density at radius 3 is 3.00 bits per heavy atom. The lowest BCUT2D eigenvalue weighted by atomic mass is 10.1. The van der Waals surface area contributed by atoms with E-state index in [2.05, 4.69) is 17.1 Å². The zero-order valence-electron chi connectivity index (χ0n) is 11.7. The number of nitrogens with one attached hydrogen (secondary N) is 1. The van der Waals surface area contributed by atoms with Gasteiger partial charge in [0.2, 0.25) is 5.91 Å². The maximum atomic E-state index is 12.0. The maximum Gasteiger partial charge on any atom is 0.237 e. The Hall–Kier alpha value is -0.650.